The van der Waals surface area contributed by atoms with Crippen molar-refractivity contribution in [2.75, 3.05) is 0 Å². The minimum atomic E-state index is 0.192. The normalized spacial score (nSPS) is 10.9. The van der Waals surface area contributed by atoms with E-state index in [2.05, 4.69) is 33.8 Å². The van der Waals surface area contributed by atoms with Gasteiger partial charge in [-0.15, -0.1) is 32.9 Å². The van der Waals surface area contributed by atoms with Crippen LogP contribution in [0.3, 0.4) is 0 Å². The molecule has 128 valence electrons. The van der Waals surface area contributed by atoms with Gasteiger partial charge in [-0.2, -0.15) is 5.26 Å². The van der Waals surface area contributed by atoms with E-state index in [1.807, 2.05) is 35.7 Å². The maximum Gasteiger partial charge on any atom is 0.240 e. The van der Waals surface area contributed by atoms with Crippen LogP contribution in [0.25, 0.3) is 37.9 Å². The maximum absolute atomic E-state index is 9.42. The third kappa shape index (κ3) is 2.61. The van der Waals surface area contributed by atoms with E-state index < -0.39 is 0 Å². The van der Waals surface area contributed by atoms with Gasteiger partial charge in [0.2, 0.25) is 5.82 Å². The first-order valence-corrected chi connectivity index (χ1v) is 9.80. The highest BCUT2D eigenvalue weighted by Gasteiger charge is 2.19. The van der Waals surface area contributed by atoms with Crippen LogP contribution in [0.4, 0.5) is 0 Å². The van der Waals surface area contributed by atoms with E-state index in [0.717, 1.165) is 26.2 Å². The minimum Gasteiger partial charge on any atom is -0.256 e. The van der Waals surface area contributed by atoms with Crippen LogP contribution in [0.1, 0.15) is 5.82 Å². The Bertz CT molecular complexity index is 1280. The fraction of sp³-hybridized carbons (Fsp3) is 0. The van der Waals surface area contributed by atoms with Crippen molar-refractivity contribution in [2.24, 2.45) is 0 Å². The molecule has 0 spiro atoms. The number of hydrogen-bond donors (Lipinski definition) is 0. The Hall–Kier alpha value is -3.41. The second kappa shape index (κ2) is 6.39. The number of rotatable bonds is 3. The third-order valence-corrected chi connectivity index (χ3v) is 5.85. The molecule has 0 atom stereocenters. The van der Waals surface area contributed by atoms with Crippen LogP contribution in [-0.4, -0.2) is 24.7 Å². The SMILES string of the molecule is N#Cc1nncn1-c1nc(-c2cccs2)nc2scc(-c3ccccc3)c12. The molecule has 0 aliphatic carbocycles. The molecule has 0 N–H and O–H groups in total. The first-order valence-electron chi connectivity index (χ1n) is 8.04. The summed E-state index contributed by atoms with van der Waals surface area (Å²) in [7, 11) is 0. The van der Waals surface area contributed by atoms with Gasteiger partial charge in [-0.3, -0.25) is 4.57 Å². The highest BCUT2D eigenvalue weighted by molar-refractivity contribution is 7.17. The van der Waals surface area contributed by atoms with E-state index in [9.17, 15) is 5.26 Å². The first kappa shape index (κ1) is 15.8. The van der Waals surface area contributed by atoms with E-state index in [0.29, 0.717) is 11.6 Å². The number of nitriles is 1. The number of benzene rings is 1. The van der Waals surface area contributed by atoms with Crippen LogP contribution < -0.4 is 0 Å². The molecule has 1 aromatic carbocycles. The Morgan fingerprint density at radius 1 is 1.00 bits per heavy atom. The molecule has 0 aliphatic rings. The predicted molar refractivity (Wildman–Crippen MR) is 106 cm³/mol. The smallest absolute Gasteiger partial charge is 0.240 e. The summed E-state index contributed by atoms with van der Waals surface area (Å²) < 4.78 is 1.63. The van der Waals surface area contributed by atoms with Gasteiger partial charge in [0, 0.05) is 10.9 Å². The lowest BCUT2D eigenvalue weighted by Gasteiger charge is -2.08. The van der Waals surface area contributed by atoms with Crippen molar-refractivity contribution in [1.29, 1.82) is 5.26 Å². The van der Waals surface area contributed by atoms with Crippen LogP contribution in [-0.2, 0) is 0 Å². The van der Waals surface area contributed by atoms with Crippen LogP contribution in [0.2, 0.25) is 0 Å². The summed E-state index contributed by atoms with van der Waals surface area (Å²) in [4.78, 5) is 11.4. The van der Waals surface area contributed by atoms with Crippen molar-refractivity contribution < 1.29 is 0 Å². The molecule has 5 aromatic rings. The Morgan fingerprint density at radius 3 is 2.67 bits per heavy atom. The van der Waals surface area contributed by atoms with Gasteiger partial charge in [-0.25, -0.2) is 9.97 Å². The number of thiophene rings is 2. The summed E-state index contributed by atoms with van der Waals surface area (Å²) in [6.07, 6.45) is 1.52. The van der Waals surface area contributed by atoms with E-state index >= 15 is 0 Å². The molecule has 0 bridgehead atoms. The molecule has 0 saturated heterocycles. The summed E-state index contributed by atoms with van der Waals surface area (Å²) in [6.45, 7) is 0. The molecule has 4 heterocycles. The second-order valence-corrected chi connectivity index (χ2v) is 7.49. The lowest BCUT2D eigenvalue weighted by Crippen LogP contribution is -2.03. The van der Waals surface area contributed by atoms with Crippen LogP contribution in [0, 0.1) is 11.3 Å². The fourth-order valence-electron chi connectivity index (χ4n) is 2.91. The Kier molecular flexibility index (Phi) is 3.74. The largest absolute Gasteiger partial charge is 0.256 e. The summed E-state index contributed by atoms with van der Waals surface area (Å²) in [5, 5.41) is 22.2. The van der Waals surface area contributed by atoms with Crippen LogP contribution in [0.5, 0.6) is 0 Å². The number of fused-ring (bicyclic) bond motifs is 1. The third-order valence-electron chi connectivity index (χ3n) is 4.12. The van der Waals surface area contributed by atoms with Gasteiger partial charge in [0.25, 0.3) is 0 Å². The number of aromatic nitrogens is 5. The highest BCUT2D eigenvalue weighted by Crippen LogP contribution is 2.38. The average Bonchev–Trinajstić information content (AvgIpc) is 3.47. The second-order valence-electron chi connectivity index (χ2n) is 5.68. The summed E-state index contributed by atoms with van der Waals surface area (Å²) >= 11 is 3.14. The van der Waals surface area contributed by atoms with E-state index in [1.165, 1.54) is 6.33 Å². The molecule has 27 heavy (non-hydrogen) atoms. The molecule has 4 aromatic heterocycles. The zero-order valence-electron chi connectivity index (χ0n) is 13.8. The van der Waals surface area contributed by atoms with Crippen molar-refractivity contribution in [2.45, 2.75) is 0 Å². The van der Waals surface area contributed by atoms with Crippen molar-refractivity contribution in [3.8, 4) is 33.7 Å². The molecular weight excluding hydrogens is 376 g/mol. The molecule has 0 saturated carbocycles. The summed E-state index contributed by atoms with van der Waals surface area (Å²) in [6, 6.07) is 16.1. The van der Waals surface area contributed by atoms with E-state index in [4.69, 9.17) is 9.97 Å². The molecule has 0 unspecified atom stereocenters. The highest BCUT2D eigenvalue weighted by atomic mass is 32.1. The fourth-order valence-corrected chi connectivity index (χ4v) is 4.51. The van der Waals surface area contributed by atoms with Gasteiger partial charge < -0.3 is 0 Å². The Labute approximate surface area is 162 Å². The van der Waals surface area contributed by atoms with Gasteiger partial charge in [0.05, 0.1) is 10.3 Å². The van der Waals surface area contributed by atoms with E-state index in [1.54, 1.807) is 27.2 Å². The summed E-state index contributed by atoms with van der Waals surface area (Å²) in [5.41, 5.74) is 2.10. The van der Waals surface area contributed by atoms with E-state index in [-0.39, 0.29) is 5.82 Å². The lowest BCUT2D eigenvalue weighted by molar-refractivity contribution is 0.974. The first-order chi connectivity index (χ1) is 13.3. The zero-order chi connectivity index (χ0) is 18.2. The standard InChI is InChI=1S/C19H10N6S2/c20-9-15-24-21-11-25(15)18-16-13(12-5-2-1-3-6-12)10-27-19(16)23-17(22-18)14-7-4-8-26-14/h1-8,10-11H. The molecule has 0 amide bonds. The van der Waals surface area contributed by atoms with Crippen LogP contribution >= 0.6 is 22.7 Å². The lowest BCUT2D eigenvalue weighted by atomic mass is 10.1. The monoisotopic (exact) mass is 386 g/mol. The average molecular weight is 386 g/mol. The van der Waals surface area contributed by atoms with Crippen molar-refractivity contribution in [3.05, 3.63) is 65.4 Å². The maximum atomic E-state index is 9.42. The van der Waals surface area contributed by atoms with Gasteiger partial charge >= 0.3 is 0 Å². The van der Waals surface area contributed by atoms with Crippen molar-refractivity contribution >= 4 is 32.9 Å². The predicted octanol–water partition coefficient (Wildman–Crippen LogP) is 4.54. The number of hydrogen-bond acceptors (Lipinski definition) is 7. The van der Waals surface area contributed by atoms with Gasteiger partial charge in [-0.05, 0) is 17.0 Å². The van der Waals surface area contributed by atoms with Crippen molar-refractivity contribution in [1.82, 2.24) is 24.7 Å². The molecular formula is C19H10N6S2. The van der Waals surface area contributed by atoms with Crippen molar-refractivity contribution in [3.63, 3.8) is 0 Å². The molecule has 5 rings (SSSR count). The molecule has 0 aliphatic heterocycles. The van der Waals surface area contributed by atoms with Gasteiger partial charge in [0.15, 0.2) is 11.6 Å². The molecule has 6 nitrogen and oxygen atoms in total. The minimum absolute atomic E-state index is 0.192. The van der Waals surface area contributed by atoms with Gasteiger partial charge in [-0.1, -0.05) is 36.4 Å². The topological polar surface area (TPSA) is 80.3 Å². The Balaban J connectivity index is 1.86. The quantitative estimate of drug-likeness (QED) is 0.455. The Morgan fingerprint density at radius 2 is 1.89 bits per heavy atom. The molecule has 8 heteroatoms. The zero-order valence-corrected chi connectivity index (χ0v) is 15.4. The van der Waals surface area contributed by atoms with Crippen LogP contribution in [0.15, 0.2) is 59.6 Å². The summed E-state index contributed by atoms with van der Waals surface area (Å²) in [5.74, 6) is 1.44. The van der Waals surface area contributed by atoms with Gasteiger partial charge in [0.1, 0.15) is 17.2 Å². The molecule has 0 radical (unpaired) electrons. The number of nitrogens with zero attached hydrogens (tertiary/aromatic N) is 6. The molecule has 0 fully saturated rings.